The molecule has 32 heavy (non-hydrogen) atoms. The highest BCUT2D eigenvalue weighted by atomic mass is 16.5. The summed E-state index contributed by atoms with van der Waals surface area (Å²) >= 11 is 0. The first-order valence-corrected chi connectivity index (χ1v) is 10.9. The summed E-state index contributed by atoms with van der Waals surface area (Å²) < 4.78 is 7.40. The molecule has 0 bridgehead atoms. The highest BCUT2D eigenvalue weighted by Crippen LogP contribution is 2.24. The van der Waals surface area contributed by atoms with Crippen LogP contribution < -0.4 is 5.32 Å². The number of aromatic nitrogens is 2. The molecule has 0 aliphatic carbocycles. The van der Waals surface area contributed by atoms with Crippen molar-refractivity contribution in [2.75, 3.05) is 31.6 Å². The first-order valence-electron chi connectivity index (χ1n) is 10.9. The van der Waals surface area contributed by atoms with Gasteiger partial charge >= 0.3 is 0 Å². The van der Waals surface area contributed by atoms with E-state index < -0.39 is 0 Å². The summed E-state index contributed by atoms with van der Waals surface area (Å²) in [5.41, 5.74) is 7.30. The number of benzene rings is 2. The van der Waals surface area contributed by atoms with E-state index in [9.17, 15) is 4.79 Å². The van der Waals surface area contributed by atoms with Crippen molar-refractivity contribution in [3.63, 3.8) is 0 Å². The maximum atomic E-state index is 12.6. The molecule has 3 heterocycles. The van der Waals surface area contributed by atoms with Crippen LogP contribution in [0.4, 0.5) is 5.69 Å². The number of carbonyl (C=O) groups is 1. The Bertz CT molecular complexity index is 1220. The van der Waals surface area contributed by atoms with Gasteiger partial charge in [-0.15, -0.1) is 0 Å². The van der Waals surface area contributed by atoms with Crippen molar-refractivity contribution in [2.24, 2.45) is 0 Å². The Kier molecular flexibility index (Phi) is 5.60. The number of nitrogens with zero attached hydrogens (tertiary/aromatic N) is 3. The number of nitrogens with one attached hydrogen (secondary N) is 1. The first-order chi connectivity index (χ1) is 15.7. The lowest BCUT2D eigenvalue weighted by atomic mass is 10.0. The number of morpholine rings is 1. The number of hydrogen-bond donors (Lipinski definition) is 1. The van der Waals surface area contributed by atoms with E-state index in [4.69, 9.17) is 4.74 Å². The molecule has 1 saturated heterocycles. The van der Waals surface area contributed by atoms with Gasteiger partial charge in [-0.1, -0.05) is 29.8 Å². The highest BCUT2D eigenvalue weighted by molar-refractivity contribution is 5.94. The third-order valence-electron chi connectivity index (χ3n) is 5.86. The van der Waals surface area contributed by atoms with Crippen molar-refractivity contribution in [3.8, 4) is 11.1 Å². The minimum atomic E-state index is 0.0599. The van der Waals surface area contributed by atoms with Gasteiger partial charge in [0.25, 0.3) is 5.91 Å². The van der Waals surface area contributed by atoms with Crippen LogP contribution in [0.15, 0.2) is 73.2 Å². The second kappa shape index (κ2) is 8.85. The smallest absolute Gasteiger partial charge is 0.254 e. The van der Waals surface area contributed by atoms with Gasteiger partial charge in [0, 0.05) is 55.0 Å². The third kappa shape index (κ3) is 4.22. The van der Waals surface area contributed by atoms with E-state index in [2.05, 4.69) is 58.2 Å². The number of amides is 1. The molecule has 2 aromatic heterocycles. The molecule has 0 unspecified atom stereocenters. The van der Waals surface area contributed by atoms with Crippen molar-refractivity contribution >= 4 is 17.2 Å². The fourth-order valence-corrected chi connectivity index (χ4v) is 4.02. The molecule has 2 aromatic carbocycles. The average Bonchev–Trinajstić information content (AvgIpc) is 3.32. The zero-order valence-corrected chi connectivity index (χ0v) is 18.1. The number of hydrogen-bond acceptors (Lipinski definition) is 4. The van der Waals surface area contributed by atoms with E-state index in [1.165, 1.54) is 11.1 Å². The number of pyridine rings is 1. The number of rotatable bonds is 5. The lowest BCUT2D eigenvalue weighted by Gasteiger charge is -2.26. The van der Waals surface area contributed by atoms with Crippen LogP contribution in [0.5, 0.6) is 0 Å². The summed E-state index contributed by atoms with van der Waals surface area (Å²) in [4.78, 5) is 19.0. The summed E-state index contributed by atoms with van der Waals surface area (Å²) in [6.07, 6.45) is 5.91. The fourth-order valence-electron chi connectivity index (χ4n) is 4.02. The summed E-state index contributed by atoms with van der Waals surface area (Å²) in [6.45, 7) is 5.24. The van der Waals surface area contributed by atoms with Crippen molar-refractivity contribution in [2.45, 2.75) is 13.5 Å². The van der Waals surface area contributed by atoms with Gasteiger partial charge in [-0.2, -0.15) is 0 Å². The monoisotopic (exact) mass is 426 g/mol. The Hall–Kier alpha value is -3.64. The molecular weight excluding hydrogens is 400 g/mol. The van der Waals surface area contributed by atoms with Gasteiger partial charge in [-0.3, -0.25) is 4.79 Å². The summed E-state index contributed by atoms with van der Waals surface area (Å²) in [5, 5.41) is 3.48. The van der Waals surface area contributed by atoms with Crippen molar-refractivity contribution in [1.29, 1.82) is 0 Å². The number of ether oxygens (including phenoxy) is 1. The molecule has 162 valence electrons. The quantitative estimate of drug-likeness (QED) is 0.514. The number of imidazole rings is 1. The van der Waals surface area contributed by atoms with Crippen LogP contribution in [-0.2, 0) is 11.3 Å². The Morgan fingerprint density at radius 2 is 1.78 bits per heavy atom. The SMILES string of the molecule is Cc1ccc(-c2cc(CNc3ccc(C(=O)N4CCOCC4)cc3)c3nccn3c2)cc1. The number of fused-ring (bicyclic) bond motifs is 1. The van der Waals surface area contributed by atoms with Crippen molar-refractivity contribution in [1.82, 2.24) is 14.3 Å². The van der Waals surface area contributed by atoms with Gasteiger partial charge < -0.3 is 19.4 Å². The Morgan fingerprint density at radius 1 is 1.03 bits per heavy atom. The van der Waals surface area contributed by atoms with E-state index in [1.54, 1.807) is 0 Å². The normalized spacial score (nSPS) is 14.0. The summed E-state index contributed by atoms with van der Waals surface area (Å²) in [5.74, 6) is 0.0599. The molecule has 1 aliphatic heterocycles. The van der Waals surface area contributed by atoms with Crippen LogP contribution >= 0.6 is 0 Å². The Morgan fingerprint density at radius 3 is 2.53 bits per heavy atom. The van der Waals surface area contributed by atoms with E-state index in [0.717, 1.165) is 22.5 Å². The lowest BCUT2D eigenvalue weighted by molar-refractivity contribution is 0.0303. The van der Waals surface area contributed by atoms with Crippen LogP contribution in [-0.4, -0.2) is 46.5 Å². The molecule has 1 amide bonds. The van der Waals surface area contributed by atoms with Gasteiger partial charge in [0.15, 0.2) is 0 Å². The lowest BCUT2D eigenvalue weighted by Crippen LogP contribution is -2.40. The summed E-state index contributed by atoms with van der Waals surface area (Å²) in [6, 6.07) is 18.4. The van der Waals surface area contributed by atoms with Gasteiger partial charge in [-0.25, -0.2) is 4.98 Å². The molecule has 6 heteroatoms. The molecule has 1 fully saturated rings. The molecule has 0 spiro atoms. The summed E-state index contributed by atoms with van der Waals surface area (Å²) in [7, 11) is 0. The fraction of sp³-hybridized carbons (Fsp3) is 0.231. The maximum absolute atomic E-state index is 12.6. The molecule has 6 nitrogen and oxygen atoms in total. The van der Waals surface area contributed by atoms with Crippen LogP contribution in [0, 0.1) is 6.92 Å². The van der Waals surface area contributed by atoms with Crippen LogP contribution in [0.3, 0.4) is 0 Å². The van der Waals surface area contributed by atoms with E-state index >= 15 is 0 Å². The van der Waals surface area contributed by atoms with Crippen LogP contribution in [0.1, 0.15) is 21.5 Å². The van der Waals surface area contributed by atoms with Crippen molar-refractivity contribution in [3.05, 3.63) is 89.9 Å². The van der Waals surface area contributed by atoms with E-state index in [1.807, 2.05) is 41.6 Å². The number of aryl methyl sites for hydroxylation is 1. The molecule has 5 rings (SSSR count). The zero-order valence-electron chi connectivity index (χ0n) is 18.1. The van der Waals surface area contributed by atoms with E-state index in [0.29, 0.717) is 38.4 Å². The second-order valence-electron chi connectivity index (χ2n) is 8.11. The molecule has 0 atom stereocenters. The predicted molar refractivity (Wildman–Crippen MR) is 126 cm³/mol. The second-order valence-corrected chi connectivity index (χ2v) is 8.11. The van der Waals surface area contributed by atoms with Gasteiger partial charge in [0.05, 0.1) is 13.2 Å². The minimum Gasteiger partial charge on any atom is -0.381 e. The number of carbonyl (C=O) groups excluding carboxylic acids is 1. The third-order valence-corrected chi connectivity index (χ3v) is 5.86. The molecular formula is C26H26N4O2. The molecule has 0 radical (unpaired) electrons. The molecule has 1 aliphatic rings. The van der Waals surface area contributed by atoms with Gasteiger partial charge in [-0.05, 0) is 48.4 Å². The molecule has 1 N–H and O–H groups in total. The zero-order chi connectivity index (χ0) is 21.9. The topological polar surface area (TPSA) is 58.9 Å². The molecule has 4 aromatic rings. The van der Waals surface area contributed by atoms with Crippen LogP contribution in [0.25, 0.3) is 16.8 Å². The largest absolute Gasteiger partial charge is 0.381 e. The van der Waals surface area contributed by atoms with Gasteiger partial charge in [0.1, 0.15) is 5.65 Å². The maximum Gasteiger partial charge on any atom is 0.254 e. The predicted octanol–water partition coefficient (Wildman–Crippen LogP) is 4.39. The average molecular weight is 427 g/mol. The Labute approximate surface area is 187 Å². The molecule has 0 saturated carbocycles. The van der Waals surface area contributed by atoms with Crippen molar-refractivity contribution < 1.29 is 9.53 Å². The van der Waals surface area contributed by atoms with E-state index in [-0.39, 0.29) is 5.91 Å². The first kappa shape index (κ1) is 20.3. The van der Waals surface area contributed by atoms with Crippen LogP contribution in [0.2, 0.25) is 0 Å². The number of anilines is 1. The Balaban J connectivity index is 1.33. The van der Waals surface area contributed by atoms with Gasteiger partial charge in [0.2, 0.25) is 0 Å². The standard InChI is InChI=1S/C26H26N4O2/c1-19-2-4-20(5-3-19)23-16-22(25-27-10-11-30(25)18-23)17-28-24-8-6-21(7-9-24)26(31)29-12-14-32-15-13-29/h2-11,16,18,28H,12-15,17H2,1H3. The minimum absolute atomic E-state index is 0.0599. The highest BCUT2D eigenvalue weighted by Gasteiger charge is 2.18.